The second-order valence-corrected chi connectivity index (χ2v) is 9.50. The Morgan fingerprint density at radius 3 is 2.52 bits per heavy atom. The van der Waals surface area contributed by atoms with Gasteiger partial charge in [0.2, 0.25) is 5.91 Å². The summed E-state index contributed by atoms with van der Waals surface area (Å²) in [4.78, 5) is 30.7. The Hall–Kier alpha value is -4.98. The highest BCUT2D eigenvalue weighted by Gasteiger charge is 2.33. The van der Waals surface area contributed by atoms with Crippen LogP contribution in [0.15, 0.2) is 89.3 Å². The number of carbonyl (C=O) groups excluding carboxylic acids is 2. The van der Waals surface area contributed by atoms with Gasteiger partial charge in [-0.2, -0.15) is 5.10 Å². The summed E-state index contributed by atoms with van der Waals surface area (Å²) in [7, 11) is 0. The highest BCUT2D eigenvalue weighted by atomic mass is 32.2. The van der Waals surface area contributed by atoms with Gasteiger partial charge in [0.15, 0.2) is 11.0 Å². The molecule has 10 nitrogen and oxygen atoms in total. The number of ether oxygens (including phenoxy) is 2. The number of hydrogen-bond donors (Lipinski definition) is 0. The number of aromatic nitrogens is 3. The SMILES string of the molecule is CCOC(=O)c1ccccc1N1C(=O)CS/C1=N\N=C\c1ccc(-c2ncn(-c3ccc(OC(F)(F)F)cc3)n2)cc1. The number of anilines is 1. The molecule has 1 fully saturated rings. The van der Waals surface area contributed by atoms with Crippen LogP contribution in [0.25, 0.3) is 17.1 Å². The number of amidine groups is 1. The van der Waals surface area contributed by atoms with Gasteiger partial charge in [-0.15, -0.1) is 23.4 Å². The van der Waals surface area contributed by atoms with Crippen LogP contribution in [0.3, 0.4) is 0 Å². The molecule has 2 heterocycles. The lowest BCUT2D eigenvalue weighted by molar-refractivity contribution is -0.274. The van der Waals surface area contributed by atoms with E-state index in [0.29, 0.717) is 27.9 Å². The van der Waals surface area contributed by atoms with Crippen LogP contribution in [0.5, 0.6) is 5.75 Å². The molecule has 42 heavy (non-hydrogen) atoms. The van der Waals surface area contributed by atoms with E-state index in [9.17, 15) is 22.8 Å². The van der Waals surface area contributed by atoms with Gasteiger partial charge in [-0.3, -0.25) is 9.69 Å². The number of hydrogen-bond acceptors (Lipinski definition) is 9. The second-order valence-electron chi connectivity index (χ2n) is 8.56. The number of benzene rings is 3. The number of alkyl halides is 3. The molecular formula is C28H21F3N6O4S. The molecule has 0 unspecified atom stereocenters. The van der Waals surface area contributed by atoms with Crippen molar-refractivity contribution in [1.82, 2.24) is 14.8 Å². The smallest absolute Gasteiger partial charge is 0.462 e. The van der Waals surface area contributed by atoms with E-state index in [4.69, 9.17) is 4.74 Å². The maximum absolute atomic E-state index is 12.6. The third-order valence-corrected chi connectivity index (χ3v) is 6.67. The van der Waals surface area contributed by atoms with Crippen molar-refractivity contribution >= 4 is 40.7 Å². The van der Waals surface area contributed by atoms with E-state index in [2.05, 4.69) is 25.0 Å². The van der Waals surface area contributed by atoms with Crippen molar-refractivity contribution in [2.24, 2.45) is 10.2 Å². The lowest BCUT2D eigenvalue weighted by Crippen LogP contribution is -2.30. The van der Waals surface area contributed by atoms with E-state index in [1.165, 1.54) is 58.2 Å². The van der Waals surface area contributed by atoms with Gasteiger partial charge in [-0.1, -0.05) is 48.2 Å². The fourth-order valence-corrected chi connectivity index (χ4v) is 4.72. The molecule has 0 atom stereocenters. The molecule has 0 aliphatic carbocycles. The van der Waals surface area contributed by atoms with Gasteiger partial charge in [0, 0.05) is 5.56 Å². The number of nitrogens with zero attached hydrogens (tertiary/aromatic N) is 6. The van der Waals surface area contributed by atoms with Crippen LogP contribution in [0.2, 0.25) is 0 Å². The van der Waals surface area contributed by atoms with Crippen molar-refractivity contribution in [3.63, 3.8) is 0 Å². The van der Waals surface area contributed by atoms with E-state index < -0.39 is 12.3 Å². The van der Waals surface area contributed by atoms with Gasteiger partial charge in [-0.25, -0.2) is 14.5 Å². The first-order valence-corrected chi connectivity index (χ1v) is 13.4. The molecule has 3 aromatic carbocycles. The van der Waals surface area contributed by atoms with Crippen LogP contribution in [-0.4, -0.2) is 56.7 Å². The summed E-state index contributed by atoms with van der Waals surface area (Å²) in [6.45, 7) is 1.91. The zero-order chi connectivity index (χ0) is 29.7. The molecule has 214 valence electrons. The second kappa shape index (κ2) is 12.3. The van der Waals surface area contributed by atoms with Crippen molar-refractivity contribution in [1.29, 1.82) is 0 Å². The Balaban J connectivity index is 1.28. The summed E-state index contributed by atoms with van der Waals surface area (Å²) in [5.74, 6) is -0.529. The predicted octanol–water partition coefficient (Wildman–Crippen LogP) is 5.48. The predicted molar refractivity (Wildman–Crippen MR) is 151 cm³/mol. The topological polar surface area (TPSA) is 111 Å². The minimum atomic E-state index is -4.77. The summed E-state index contributed by atoms with van der Waals surface area (Å²) < 4.78 is 47.6. The molecule has 0 N–H and O–H groups in total. The molecule has 1 saturated heterocycles. The lowest BCUT2D eigenvalue weighted by Gasteiger charge is -2.18. The normalized spacial score (nSPS) is 14.6. The average molecular weight is 595 g/mol. The molecular weight excluding hydrogens is 573 g/mol. The molecule has 0 spiro atoms. The number of carbonyl (C=O) groups is 2. The van der Waals surface area contributed by atoms with Crippen molar-refractivity contribution in [3.05, 3.63) is 90.3 Å². The zero-order valence-corrected chi connectivity index (χ0v) is 22.7. The third kappa shape index (κ3) is 6.66. The average Bonchev–Trinajstić information content (AvgIpc) is 3.60. The standard InChI is InChI=1S/C28H21F3N6O4S/c1-2-40-26(39)22-5-3-4-6-23(22)37-24(38)16-42-27(37)34-33-15-18-7-9-19(10-8-18)25-32-17-36(35-25)20-11-13-21(14-12-20)41-28(29,30)31/h3-15,17H,2,16H2,1H3/b33-15+,34-27-. The van der Waals surface area contributed by atoms with Crippen LogP contribution in [0, 0.1) is 0 Å². The molecule has 5 rings (SSSR count). The van der Waals surface area contributed by atoms with E-state index >= 15 is 0 Å². The fraction of sp³-hybridized carbons (Fsp3) is 0.143. The Labute approximate surface area is 241 Å². The van der Waals surface area contributed by atoms with Gasteiger partial charge in [0.25, 0.3) is 0 Å². The van der Waals surface area contributed by atoms with Gasteiger partial charge in [0.05, 0.1) is 35.5 Å². The van der Waals surface area contributed by atoms with Crippen LogP contribution in [0.4, 0.5) is 18.9 Å². The first kappa shape index (κ1) is 28.5. The van der Waals surface area contributed by atoms with E-state index in [-0.39, 0.29) is 29.6 Å². The highest BCUT2D eigenvalue weighted by Crippen LogP contribution is 2.30. The van der Waals surface area contributed by atoms with E-state index in [1.54, 1.807) is 55.5 Å². The summed E-state index contributed by atoms with van der Waals surface area (Å²) in [6, 6.07) is 19.0. The fourth-order valence-electron chi connectivity index (χ4n) is 3.91. The largest absolute Gasteiger partial charge is 0.573 e. The van der Waals surface area contributed by atoms with Gasteiger partial charge in [-0.05, 0) is 48.9 Å². The minimum absolute atomic E-state index is 0.158. The molecule has 0 bridgehead atoms. The molecule has 14 heteroatoms. The molecule has 4 aromatic rings. The van der Waals surface area contributed by atoms with Crippen molar-refractivity contribution < 1.29 is 32.2 Å². The van der Waals surface area contributed by atoms with Crippen LogP contribution in [-0.2, 0) is 9.53 Å². The van der Waals surface area contributed by atoms with Crippen molar-refractivity contribution in [2.45, 2.75) is 13.3 Å². The lowest BCUT2D eigenvalue weighted by atomic mass is 10.1. The summed E-state index contributed by atoms with van der Waals surface area (Å²) in [5, 5.41) is 13.1. The molecule has 1 aliphatic rings. The summed E-state index contributed by atoms with van der Waals surface area (Å²) >= 11 is 1.21. The molecule has 1 aliphatic heterocycles. The van der Waals surface area contributed by atoms with Crippen LogP contribution in [0.1, 0.15) is 22.8 Å². The minimum Gasteiger partial charge on any atom is -0.462 e. The summed E-state index contributed by atoms with van der Waals surface area (Å²) in [5.41, 5.74) is 2.56. The number of esters is 1. The first-order valence-electron chi connectivity index (χ1n) is 12.4. The quantitative estimate of drug-likeness (QED) is 0.151. The molecule has 1 aromatic heterocycles. The van der Waals surface area contributed by atoms with Crippen molar-refractivity contribution in [2.75, 3.05) is 17.3 Å². The maximum atomic E-state index is 12.6. The van der Waals surface area contributed by atoms with Crippen LogP contribution >= 0.6 is 11.8 Å². The van der Waals surface area contributed by atoms with Gasteiger partial charge in [0.1, 0.15) is 12.1 Å². The molecule has 0 radical (unpaired) electrons. The van der Waals surface area contributed by atoms with E-state index in [0.717, 1.165) is 5.56 Å². The van der Waals surface area contributed by atoms with E-state index in [1.807, 2.05) is 0 Å². The number of thioether (sulfide) groups is 1. The van der Waals surface area contributed by atoms with Gasteiger partial charge < -0.3 is 9.47 Å². The number of rotatable bonds is 8. The first-order chi connectivity index (χ1) is 20.2. The van der Waals surface area contributed by atoms with Crippen molar-refractivity contribution in [3.8, 4) is 22.8 Å². The van der Waals surface area contributed by atoms with Gasteiger partial charge >= 0.3 is 12.3 Å². The third-order valence-electron chi connectivity index (χ3n) is 5.75. The Kier molecular flexibility index (Phi) is 8.33. The number of para-hydroxylation sites is 1. The molecule has 0 saturated carbocycles. The zero-order valence-electron chi connectivity index (χ0n) is 21.9. The number of amides is 1. The number of halogens is 3. The highest BCUT2D eigenvalue weighted by molar-refractivity contribution is 8.15. The Bertz CT molecular complexity index is 1650. The Morgan fingerprint density at radius 1 is 1.07 bits per heavy atom. The Morgan fingerprint density at radius 2 is 1.81 bits per heavy atom. The maximum Gasteiger partial charge on any atom is 0.573 e. The molecule has 1 amide bonds. The van der Waals surface area contributed by atoms with Crippen LogP contribution < -0.4 is 9.64 Å². The summed E-state index contributed by atoms with van der Waals surface area (Å²) in [6.07, 6.45) is -1.79. The monoisotopic (exact) mass is 594 g/mol.